The van der Waals surface area contributed by atoms with Gasteiger partial charge in [0.05, 0.1) is 17.9 Å². The first-order valence-corrected chi connectivity index (χ1v) is 8.56. The third kappa shape index (κ3) is 4.44. The van der Waals surface area contributed by atoms with Crippen LogP contribution in [0.25, 0.3) is 11.5 Å². The molecule has 1 aromatic heterocycles. The molecule has 1 aromatic carbocycles. The SMILES string of the molecule is Cc1oc(-c2cccc(C(F)(F)F)c2)nc1CN1CCN(CCO)CC1. The molecule has 26 heavy (non-hydrogen) atoms. The Morgan fingerprint density at radius 2 is 1.85 bits per heavy atom. The van der Waals surface area contributed by atoms with Crippen LogP contribution >= 0.6 is 0 Å². The van der Waals surface area contributed by atoms with Gasteiger partial charge in [0.15, 0.2) is 0 Å². The van der Waals surface area contributed by atoms with Crippen LogP contribution in [0.1, 0.15) is 17.0 Å². The number of β-amino-alcohol motifs (C(OH)–C–C–N with tert-alkyl or cyclic N) is 1. The van der Waals surface area contributed by atoms with E-state index < -0.39 is 11.7 Å². The molecular weight excluding hydrogens is 347 g/mol. The van der Waals surface area contributed by atoms with E-state index in [2.05, 4.69) is 14.8 Å². The Balaban J connectivity index is 1.70. The number of nitrogens with zero attached hydrogens (tertiary/aromatic N) is 3. The first-order valence-electron chi connectivity index (χ1n) is 8.56. The molecular formula is C18H22F3N3O2. The Morgan fingerprint density at radius 3 is 2.50 bits per heavy atom. The van der Waals surface area contributed by atoms with Crippen LogP contribution in [0.15, 0.2) is 28.7 Å². The standard InChI is InChI=1S/C18H22F3N3O2/c1-13-16(12-24-7-5-23(6-8-24)9-10-25)22-17(26-13)14-3-2-4-15(11-14)18(19,20)21/h2-4,11,25H,5-10,12H2,1H3. The Bertz CT molecular complexity index is 738. The van der Waals surface area contributed by atoms with Gasteiger partial charge >= 0.3 is 6.18 Å². The lowest BCUT2D eigenvalue weighted by molar-refractivity contribution is -0.137. The summed E-state index contributed by atoms with van der Waals surface area (Å²) in [5.74, 6) is 0.831. The van der Waals surface area contributed by atoms with Crippen molar-refractivity contribution >= 4 is 0 Å². The number of aromatic nitrogens is 1. The molecule has 0 unspecified atom stereocenters. The molecule has 2 aromatic rings. The Morgan fingerprint density at radius 1 is 1.15 bits per heavy atom. The summed E-state index contributed by atoms with van der Waals surface area (Å²) in [5.41, 5.74) is 0.349. The molecule has 142 valence electrons. The molecule has 0 radical (unpaired) electrons. The number of hydrogen-bond acceptors (Lipinski definition) is 5. The summed E-state index contributed by atoms with van der Waals surface area (Å²) >= 11 is 0. The molecule has 0 saturated carbocycles. The van der Waals surface area contributed by atoms with Crippen molar-refractivity contribution in [3.63, 3.8) is 0 Å². The van der Waals surface area contributed by atoms with E-state index in [9.17, 15) is 13.2 Å². The largest absolute Gasteiger partial charge is 0.441 e. The monoisotopic (exact) mass is 369 g/mol. The van der Waals surface area contributed by atoms with E-state index in [1.807, 2.05) is 0 Å². The highest BCUT2D eigenvalue weighted by atomic mass is 19.4. The number of aliphatic hydroxyl groups excluding tert-OH is 1. The first kappa shape index (κ1) is 18.9. The minimum atomic E-state index is -4.39. The van der Waals surface area contributed by atoms with Crippen molar-refractivity contribution in [3.05, 3.63) is 41.3 Å². The lowest BCUT2D eigenvalue weighted by atomic mass is 10.1. The van der Waals surface area contributed by atoms with Gasteiger partial charge in [-0.1, -0.05) is 6.07 Å². The highest BCUT2D eigenvalue weighted by molar-refractivity contribution is 5.55. The van der Waals surface area contributed by atoms with Crippen LogP contribution in [-0.2, 0) is 12.7 Å². The summed E-state index contributed by atoms with van der Waals surface area (Å²) in [7, 11) is 0. The second kappa shape index (κ2) is 7.77. The zero-order valence-corrected chi connectivity index (χ0v) is 14.6. The van der Waals surface area contributed by atoms with Crippen molar-refractivity contribution in [2.75, 3.05) is 39.3 Å². The van der Waals surface area contributed by atoms with E-state index in [-0.39, 0.29) is 12.5 Å². The molecule has 0 bridgehead atoms. The van der Waals surface area contributed by atoms with Gasteiger partial charge in [0.1, 0.15) is 5.76 Å². The van der Waals surface area contributed by atoms with Crippen molar-refractivity contribution < 1.29 is 22.7 Å². The maximum absolute atomic E-state index is 12.9. The molecule has 1 N–H and O–H groups in total. The molecule has 1 saturated heterocycles. The van der Waals surface area contributed by atoms with Crippen LogP contribution in [0.2, 0.25) is 0 Å². The van der Waals surface area contributed by atoms with Crippen molar-refractivity contribution in [3.8, 4) is 11.5 Å². The van der Waals surface area contributed by atoms with Gasteiger partial charge in [-0.3, -0.25) is 9.80 Å². The van der Waals surface area contributed by atoms with E-state index in [0.717, 1.165) is 44.0 Å². The molecule has 2 heterocycles. The van der Waals surface area contributed by atoms with Crippen LogP contribution in [0.3, 0.4) is 0 Å². The average molecular weight is 369 g/mol. The van der Waals surface area contributed by atoms with Crippen LogP contribution in [-0.4, -0.2) is 59.2 Å². The zero-order valence-electron chi connectivity index (χ0n) is 14.6. The molecule has 3 rings (SSSR count). The van der Waals surface area contributed by atoms with Gasteiger partial charge in [-0.15, -0.1) is 0 Å². The third-order valence-electron chi connectivity index (χ3n) is 4.58. The fraction of sp³-hybridized carbons (Fsp3) is 0.500. The number of benzene rings is 1. The van der Waals surface area contributed by atoms with Crippen LogP contribution in [0.4, 0.5) is 13.2 Å². The minimum absolute atomic E-state index is 0.155. The lowest BCUT2D eigenvalue weighted by Gasteiger charge is -2.33. The molecule has 1 aliphatic heterocycles. The second-order valence-corrected chi connectivity index (χ2v) is 6.44. The van der Waals surface area contributed by atoms with Gasteiger partial charge < -0.3 is 9.52 Å². The smallest absolute Gasteiger partial charge is 0.416 e. The molecule has 1 aliphatic rings. The lowest BCUT2D eigenvalue weighted by Crippen LogP contribution is -2.46. The zero-order chi connectivity index (χ0) is 18.7. The van der Waals surface area contributed by atoms with Crippen molar-refractivity contribution in [1.29, 1.82) is 0 Å². The van der Waals surface area contributed by atoms with Crippen molar-refractivity contribution in [1.82, 2.24) is 14.8 Å². The quantitative estimate of drug-likeness (QED) is 0.878. The molecule has 0 spiro atoms. The van der Waals surface area contributed by atoms with Crippen molar-refractivity contribution in [2.24, 2.45) is 0 Å². The summed E-state index contributed by atoms with van der Waals surface area (Å²) in [4.78, 5) is 8.85. The molecule has 5 nitrogen and oxygen atoms in total. The normalized spacial score (nSPS) is 17.0. The third-order valence-corrected chi connectivity index (χ3v) is 4.58. The second-order valence-electron chi connectivity index (χ2n) is 6.44. The Labute approximate surface area is 150 Å². The van der Waals surface area contributed by atoms with E-state index in [1.165, 1.54) is 6.07 Å². The number of aryl methyl sites for hydroxylation is 1. The van der Waals surface area contributed by atoms with Crippen molar-refractivity contribution in [2.45, 2.75) is 19.6 Å². The number of aliphatic hydroxyl groups is 1. The fourth-order valence-electron chi connectivity index (χ4n) is 3.05. The maximum atomic E-state index is 12.9. The summed E-state index contributed by atoms with van der Waals surface area (Å²) in [6.45, 7) is 6.66. The van der Waals surface area contributed by atoms with Gasteiger partial charge in [-0.2, -0.15) is 13.2 Å². The highest BCUT2D eigenvalue weighted by Crippen LogP contribution is 2.32. The predicted octanol–water partition coefficient (Wildman–Crippen LogP) is 2.78. The van der Waals surface area contributed by atoms with Gasteiger partial charge in [0, 0.05) is 44.8 Å². The van der Waals surface area contributed by atoms with Crippen LogP contribution < -0.4 is 0 Å². The van der Waals surface area contributed by atoms with Crippen LogP contribution in [0.5, 0.6) is 0 Å². The minimum Gasteiger partial charge on any atom is -0.441 e. The number of hydrogen-bond donors (Lipinski definition) is 1. The van der Waals surface area contributed by atoms with Crippen LogP contribution in [0, 0.1) is 6.92 Å². The molecule has 0 amide bonds. The van der Waals surface area contributed by atoms with E-state index in [1.54, 1.807) is 13.0 Å². The van der Waals surface area contributed by atoms with E-state index in [0.29, 0.717) is 24.4 Å². The average Bonchev–Trinajstić information content (AvgIpc) is 2.97. The summed E-state index contributed by atoms with van der Waals surface area (Å²) < 4.78 is 44.3. The topological polar surface area (TPSA) is 52.7 Å². The van der Waals surface area contributed by atoms with Gasteiger partial charge in [-0.05, 0) is 25.1 Å². The number of alkyl halides is 3. The predicted molar refractivity (Wildman–Crippen MR) is 90.5 cm³/mol. The van der Waals surface area contributed by atoms with Gasteiger partial charge in [-0.25, -0.2) is 4.98 Å². The maximum Gasteiger partial charge on any atom is 0.416 e. The summed E-state index contributed by atoms with van der Waals surface area (Å²) in [6.07, 6.45) is -4.39. The van der Waals surface area contributed by atoms with E-state index >= 15 is 0 Å². The number of rotatable bonds is 5. The number of piperazine rings is 1. The number of halogens is 3. The molecule has 1 fully saturated rings. The molecule has 0 aliphatic carbocycles. The van der Waals surface area contributed by atoms with E-state index in [4.69, 9.17) is 9.52 Å². The first-order chi connectivity index (χ1) is 12.4. The fourth-order valence-corrected chi connectivity index (χ4v) is 3.05. The number of oxazole rings is 1. The summed E-state index contributed by atoms with van der Waals surface area (Å²) in [5, 5.41) is 8.99. The summed E-state index contributed by atoms with van der Waals surface area (Å²) in [6, 6.07) is 5.02. The molecule has 0 atom stereocenters. The molecule has 8 heteroatoms. The Hall–Kier alpha value is -1.90. The van der Waals surface area contributed by atoms with Gasteiger partial charge in [0.2, 0.25) is 5.89 Å². The highest BCUT2D eigenvalue weighted by Gasteiger charge is 2.31. The van der Waals surface area contributed by atoms with Gasteiger partial charge in [0.25, 0.3) is 0 Å². The Kier molecular flexibility index (Phi) is 5.64.